The van der Waals surface area contributed by atoms with E-state index in [9.17, 15) is 80.4 Å². The van der Waals surface area contributed by atoms with Crippen LogP contribution < -0.4 is 0 Å². The van der Waals surface area contributed by atoms with Crippen LogP contribution in [0.2, 0.25) is 0 Å². The van der Waals surface area contributed by atoms with Crippen molar-refractivity contribution >= 4 is 11.9 Å². The lowest BCUT2D eigenvalue weighted by Crippen LogP contribution is -2.72. The second-order valence-corrected chi connectivity index (χ2v) is 5.18. The van der Waals surface area contributed by atoms with Crippen LogP contribution in [-0.2, 0) is 9.59 Å². The van der Waals surface area contributed by atoms with Gasteiger partial charge in [-0.25, -0.2) is 9.18 Å². The summed E-state index contributed by atoms with van der Waals surface area (Å²) in [6.07, 6.45) is -6.71. The van der Waals surface area contributed by atoms with Gasteiger partial charge in [-0.2, -0.15) is 61.5 Å². The van der Waals surface area contributed by atoms with E-state index in [1.165, 1.54) is 0 Å². The standard InChI is InChI=1S/C10H2F15NO4/c11-1(4(12,13)6(16,17)2(27)26-30)5(14,15)8(20,21)10(24,25)9(22,23)7(18,19)3(28)29/h1H,(H,28,29). The van der Waals surface area contributed by atoms with Crippen molar-refractivity contribution < 1.29 is 80.6 Å². The molecule has 176 valence electrons. The first kappa shape index (κ1) is 27.7. The molecule has 5 nitrogen and oxygen atoms in total. The molecule has 0 heterocycles. The van der Waals surface area contributed by atoms with E-state index in [1.54, 1.807) is 0 Å². The van der Waals surface area contributed by atoms with Crippen molar-refractivity contribution in [2.45, 2.75) is 47.6 Å². The van der Waals surface area contributed by atoms with Gasteiger partial charge in [0, 0.05) is 5.18 Å². The summed E-state index contributed by atoms with van der Waals surface area (Å²) in [7, 11) is 0. The average Bonchev–Trinajstić information content (AvgIpc) is 2.58. The Kier molecular flexibility index (Phi) is 6.58. The summed E-state index contributed by atoms with van der Waals surface area (Å²) in [6.45, 7) is 0. The molecule has 0 aromatic heterocycles. The molecule has 0 aliphatic rings. The normalized spacial score (nSPS) is 16.2. The van der Waals surface area contributed by atoms with Crippen molar-refractivity contribution in [1.29, 1.82) is 0 Å². The van der Waals surface area contributed by atoms with Crippen LogP contribution in [0.3, 0.4) is 0 Å². The molecule has 0 aliphatic carbocycles. The minimum absolute atomic E-state index is 0.542. The monoisotopic (exact) mass is 485 g/mol. The summed E-state index contributed by atoms with van der Waals surface area (Å²) in [5, 5.41) is 8.22. The van der Waals surface area contributed by atoms with Crippen molar-refractivity contribution in [1.82, 2.24) is 0 Å². The van der Waals surface area contributed by atoms with Gasteiger partial charge in [-0.15, -0.1) is 4.91 Å². The minimum atomic E-state index is -8.42. The maximum absolute atomic E-state index is 13.2. The number of aliphatic carboxylic acids is 1. The molecule has 0 aromatic carbocycles. The molecule has 0 radical (unpaired) electrons. The summed E-state index contributed by atoms with van der Waals surface area (Å²) in [4.78, 5) is 29.5. The summed E-state index contributed by atoms with van der Waals surface area (Å²) in [5.41, 5.74) is 0. The molecule has 1 amide bonds. The molecule has 0 rings (SSSR count). The molecule has 30 heavy (non-hydrogen) atoms. The van der Waals surface area contributed by atoms with E-state index in [2.05, 4.69) is 0 Å². The molecule has 0 saturated carbocycles. The van der Waals surface area contributed by atoms with Gasteiger partial charge in [0.25, 0.3) is 0 Å². The van der Waals surface area contributed by atoms with Crippen LogP contribution in [-0.4, -0.2) is 64.6 Å². The fraction of sp³-hybridized carbons (Fsp3) is 0.800. The summed E-state index contributed by atoms with van der Waals surface area (Å²) < 4.78 is 195. The lowest BCUT2D eigenvalue weighted by Gasteiger charge is -2.40. The minimum Gasteiger partial charge on any atom is -0.477 e. The number of carboxylic acids is 1. The fourth-order valence-electron chi connectivity index (χ4n) is 1.48. The molecular formula is C10H2F15NO4. The largest absolute Gasteiger partial charge is 0.477 e. The van der Waals surface area contributed by atoms with E-state index in [-0.39, 0.29) is 0 Å². The number of hydrogen-bond donors (Lipinski definition) is 1. The van der Waals surface area contributed by atoms with Crippen LogP contribution in [0.4, 0.5) is 65.9 Å². The summed E-state index contributed by atoms with van der Waals surface area (Å²) in [6, 6.07) is 0. The van der Waals surface area contributed by atoms with Crippen LogP contribution in [0.25, 0.3) is 0 Å². The third-order valence-corrected chi connectivity index (χ3v) is 3.28. The maximum atomic E-state index is 13.2. The Morgan fingerprint density at radius 1 is 0.633 bits per heavy atom. The number of nitroso groups, excluding NO2 is 1. The molecule has 0 aromatic rings. The van der Waals surface area contributed by atoms with Crippen molar-refractivity contribution in [2.24, 2.45) is 5.18 Å². The fourth-order valence-corrected chi connectivity index (χ4v) is 1.48. The second-order valence-electron chi connectivity index (χ2n) is 5.18. The number of amides is 1. The first-order valence-electron chi connectivity index (χ1n) is 6.23. The predicted octanol–water partition coefficient (Wildman–Crippen LogP) is 4.15. The highest BCUT2D eigenvalue weighted by atomic mass is 19.4. The van der Waals surface area contributed by atoms with Crippen molar-refractivity contribution in [3.63, 3.8) is 0 Å². The highest BCUT2D eigenvalue weighted by Crippen LogP contribution is 2.60. The zero-order valence-corrected chi connectivity index (χ0v) is 12.9. The van der Waals surface area contributed by atoms with E-state index >= 15 is 0 Å². The number of rotatable bonds is 9. The highest BCUT2D eigenvalue weighted by Gasteiger charge is 2.91. The molecule has 0 aliphatic heterocycles. The van der Waals surface area contributed by atoms with Gasteiger partial charge in [0.05, 0.1) is 0 Å². The van der Waals surface area contributed by atoms with Crippen molar-refractivity contribution in [2.75, 3.05) is 0 Å². The maximum Gasteiger partial charge on any atom is 0.410 e. The number of carbonyl (C=O) groups is 2. The lowest BCUT2D eigenvalue weighted by molar-refractivity contribution is -0.413. The van der Waals surface area contributed by atoms with Gasteiger partial charge in [0.15, 0.2) is 0 Å². The number of halogens is 15. The van der Waals surface area contributed by atoms with Crippen molar-refractivity contribution in [3.8, 4) is 0 Å². The van der Waals surface area contributed by atoms with E-state index in [4.69, 9.17) is 5.11 Å². The first-order valence-corrected chi connectivity index (χ1v) is 6.23. The Labute approximate surface area is 151 Å². The molecule has 0 spiro atoms. The van der Waals surface area contributed by atoms with Crippen LogP contribution in [0, 0.1) is 4.91 Å². The van der Waals surface area contributed by atoms with E-state index in [1.807, 2.05) is 0 Å². The number of hydrogen-bond acceptors (Lipinski definition) is 3. The SMILES string of the molecule is O=NC(=O)C(F)(F)C(F)(F)C(F)C(F)(F)C(F)(F)C(F)(F)C(F)(F)C(F)(F)C(=O)O. The molecule has 0 saturated heterocycles. The average molecular weight is 485 g/mol. The van der Waals surface area contributed by atoms with Gasteiger partial charge in [0.2, 0.25) is 6.17 Å². The zero-order valence-electron chi connectivity index (χ0n) is 12.9. The van der Waals surface area contributed by atoms with Crippen LogP contribution in [0.15, 0.2) is 5.18 Å². The molecular weight excluding hydrogens is 483 g/mol. The predicted molar refractivity (Wildman–Crippen MR) is 58.0 cm³/mol. The quantitative estimate of drug-likeness (QED) is 0.393. The molecule has 0 fully saturated rings. The Bertz CT molecular complexity index is 718. The number of alkyl halides is 15. The number of nitrogens with zero attached hydrogens (tertiary/aromatic N) is 1. The van der Waals surface area contributed by atoms with Gasteiger partial charge in [-0.05, 0) is 0 Å². The van der Waals surface area contributed by atoms with E-state index in [0.717, 1.165) is 0 Å². The van der Waals surface area contributed by atoms with E-state index < -0.39 is 59.5 Å². The van der Waals surface area contributed by atoms with Gasteiger partial charge in [-0.1, -0.05) is 0 Å². The number of carboxylic acid groups (broad SMARTS) is 1. The van der Waals surface area contributed by atoms with Crippen molar-refractivity contribution in [3.05, 3.63) is 4.91 Å². The van der Waals surface area contributed by atoms with Crippen LogP contribution in [0.5, 0.6) is 0 Å². The first-order chi connectivity index (χ1) is 12.8. The van der Waals surface area contributed by atoms with E-state index in [0.29, 0.717) is 5.18 Å². The molecule has 1 unspecified atom stereocenters. The van der Waals surface area contributed by atoms with Gasteiger partial charge < -0.3 is 5.11 Å². The Balaban J connectivity index is 6.65. The second kappa shape index (κ2) is 7.13. The smallest absolute Gasteiger partial charge is 0.410 e. The Hall–Kier alpha value is -2.31. The summed E-state index contributed by atoms with van der Waals surface area (Å²) >= 11 is 0. The molecule has 20 heteroatoms. The van der Waals surface area contributed by atoms with Crippen LogP contribution >= 0.6 is 0 Å². The zero-order chi connectivity index (χ0) is 24.9. The van der Waals surface area contributed by atoms with Crippen LogP contribution in [0.1, 0.15) is 0 Å². The Morgan fingerprint density at radius 3 is 1.30 bits per heavy atom. The third-order valence-electron chi connectivity index (χ3n) is 3.28. The molecule has 1 atom stereocenters. The third kappa shape index (κ3) is 3.32. The number of carbonyl (C=O) groups excluding carboxylic acids is 1. The molecule has 0 bridgehead atoms. The Morgan fingerprint density at radius 2 is 1.00 bits per heavy atom. The molecule has 1 N–H and O–H groups in total. The van der Waals surface area contributed by atoms with Gasteiger partial charge >= 0.3 is 53.3 Å². The van der Waals surface area contributed by atoms with Gasteiger partial charge in [-0.3, -0.25) is 4.79 Å². The summed E-state index contributed by atoms with van der Waals surface area (Å²) in [5.74, 6) is -63.1. The lowest BCUT2D eigenvalue weighted by atomic mass is 9.89. The topological polar surface area (TPSA) is 83.8 Å². The highest BCUT2D eigenvalue weighted by molar-refractivity contribution is 5.85. The van der Waals surface area contributed by atoms with Gasteiger partial charge in [0.1, 0.15) is 0 Å².